The van der Waals surface area contributed by atoms with Gasteiger partial charge >= 0.3 is 0 Å². The normalized spacial score (nSPS) is 14.0. The van der Waals surface area contributed by atoms with Crippen LogP contribution in [-0.4, -0.2) is 53.4 Å². The fraction of sp³-hybridized carbons (Fsp3) is 0.276. The second-order valence-electron chi connectivity index (χ2n) is 10.8. The van der Waals surface area contributed by atoms with Crippen molar-refractivity contribution in [1.29, 1.82) is 0 Å². The van der Waals surface area contributed by atoms with E-state index in [1.165, 1.54) is 26.1 Å². The van der Waals surface area contributed by atoms with Crippen LogP contribution >= 0.6 is 0 Å². The first kappa shape index (κ1) is 26.4. The topological polar surface area (TPSA) is 115 Å². The summed E-state index contributed by atoms with van der Waals surface area (Å²) in [6.45, 7) is 3.08. The van der Waals surface area contributed by atoms with Crippen molar-refractivity contribution in [2.45, 2.75) is 38.8 Å². The van der Waals surface area contributed by atoms with Crippen molar-refractivity contribution in [1.82, 2.24) is 34.6 Å². The van der Waals surface area contributed by atoms with Gasteiger partial charge in [0.2, 0.25) is 5.91 Å². The number of rotatable bonds is 5. The van der Waals surface area contributed by atoms with Crippen molar-refractivity contribution in [2.24, 2.45) is 7.05 Å². The number of nitrogens with zero attached hydrogens (tertiary/aromatic N) is 7. The van der Waals surface area contributed by atoms with Crippen LogP contribution in [0.15, 0.2) is 48.9 Å². The summed E-state index contributed by atoms with van der Waals surface area (Å²) in [6.07, 6.45) is 7.22. The van der Waals surface area contributed by atoms with Crippen LogP contribution < -0.4 is 5.73 Å². The van der Waals surface area contributed by atoms with Gasteiger partial charge in [0.1, 0.15) is 17.5 Å². The number of aromatic nitrogens is 5. The summed E-state index contributed by atoms with van der Waals surface area (Å²) < 4.78 is 34.2. The van der Waals surface area contributed by atoms with Crippen molar-refractivity contribution in [3.63, 3.8) is 0 Å². The van der Waals surface area contributed by atoms with Gasteiger partial charge in [-0.3, -0.25) is 24.0 Å². The maximum Gasteiger partial charge on any atom is 0.275 e. The minimum absolute atomic E-state index is 0.0120. The third-order valence-corrected chi connectivity index (χ3v) is 7.89. The van der Waals surface area contributed by atoms with Crippen molar-refractivity contribution in [2.75, 3.05) is 12.8 Å². The highest BCUT2D eigenvalue weighted by Crippen LogP contribution is 2.42. The van der Waals surface area contributed by atoms with Crippen LogP contribution in [0.3, 0.4) is 0 Å². The fourth-order valence-corrected chi connectivity index (χ4v) is 4.96. The number of benzene rings is 2. The molecule has 1 saturated carbocycles. The van der Waals surface area contributed by atoms with Gasteiger partial charge in [0.05, 0.1) is 46.5 Å². The number of halogens is 2. The molecule has 12 heteroatoms. The first-order valence-electron chi connectivity index (χ1n) is 13.1. The Kier molecular flexibility index (Phi) is 6.02. The Morgan fingerprint density at radius 3 is 2.49 bits per heavy atom. The summed E-state index contributed by atoms with van der Waals surface area (Å²) in [4.78, 5) is 30.4. The van der Waals surface area contributed by atoms with Crippen LogP contribution in [-0.2, 0) is 23.9 Å². The summed E-state index contributed by atoms with van der Waals surface area (Å²) in [7, 11) is 3.07. The molecular formula is C29H28F2N8O2. The highest BCUT2D eigenvalue weighted by atomic mass is 19.1. The molecule has 0 radical (unpaired) electrons. The average molecular weight is 559 g/mol. The van der Waals surface area contributed by atoms with Gasteiger partial charge in [0.25, 0.3) is 5.91 Å². The Bertz CT molecular complexity index is 1870. The van der Waals surface area contributed by atoms with E-state index in [0.717, 1.165) is 34.5 Å². The van der Waals surface area contributed by atoms with E-state index < -0.39 is 23.4 Å². The summed E-state index contributed by atoms with van der Waals surface area (Å²) >= 11 is 0. The first-order valence-corrected chi connectivity index (χ1v) is 13.1. The van der Waals surface area contributed by atoms with Gasteiger partial charge in [0, 0.05) is 49.8 Å². The first-order chi connectivity index (χ1) is 19.5. The molecule has 3 heterocycles. The Balaban J connectivity index is 1.36. The van der Waals surface area contributed by atoms with E-state index >= 15 is 8.78 Å². The third-order valence-electron chi connectivity index (χ3n) is 7.89. The lowest BCUT2D eigenvalue weighted by atomic mass is 10.1. The minimum Gasteiger partial charge on any atom is -0.383 e. The molecule has 0 unspecified atom stereocenters. The molecule has 2 amide bonds. The third kappa shape index (κ3) is 4.45. The molecule has 1 fully saturated rings. The molecule has 2 aromatic carbocycles. The second-order valence-corrected chi connectivity index (χ2v) is 10.8. The Hall–Kier alpha value is -4.87. The van der Waals surface area contributed by atoms with Crippen LogP contribution in [0.25, 0.3) is 32.9 Å². The van der Waals surface area contributed by atoms with E-state index in [1.54, 1.807) is 36.3 Å². The number of hydrazine groups is 1. The molecule has 0 bridgehead atoms. The fourth-order valence-electron chi connectivity index (χ4n) is 4.96. The van der Waals surface area contributed by atoms with E-state index in [1.807, 2.05) is 10.9 Å². The van der Waals surface area contributed by atoms with Crippen LogP contribution in [0.1, 0.15) is 42.6 Å². The monoisotopic (exact) mass is 558 g/mol. The smallest absolute Gasteiger partial charge is 0.275 e. The zero-order valence-corrected chi connectivity index (χ0v) is 23.0. The van der Waals surface area contributed by atoms with Crippen molar-refractivity contribution in [3.05, 3.63) is 71.7 Å². The molecule has 0 atom stereocenters. The molecule has 0 saturated heterocycles. The molecule has 0 spiro atoms. The lowest BCUT2D eigenvalue weighted by Gasteiger charge is -2.31. The van der Waals surface area contributed by atoms with Crippen LogP contribution in [0, 0.1) is 11.6 Å². The Labute approximate surface area is 233 Å². The number of hydrogen-bond acceptors (Lipinski definition) is 6. The van der Waals surface area contributed by atoms with E-state index in [4.69, 9.17) is 5.73 Å². The molecule has 1 aliphatic rings. The predicted molar refractivity (Wildman–Crippen MR) is 149 cm³/mol. The van der Waals surface area contributed by atoms with Gasteiger partial charge in [-0.2, -0.15) is 10.2 Å². The number of aryl methyl sites for hydroxylation is 1. The molecule has 10 nitrogen and oxygen atoms in total. The quantitative estimate of drug-likeness (QED) is 0.320. The Morgan fingerprint density at radius 2 is 1.80 bits per heavy atom. The molecule has 0 aliphatic heterocycles. The molecule has 41 heavy (non-hydrogen) atoms. The van der Waals surface area contributed by atoms with Crippen LogP contribution in [0.2, 0.25) is 0 Å². The number of nitrogen functional groups attached to an aromatic ring is 1. The maximum atomic E-state index is 15.4. The Morgan fingerprint density at radius 1 is 1.05 bits per heavy atom. The largest absolute Gasteiger partial charge is 0.383 e. The van der Waals surface area contributed by atoms with Crippen LogP contribution in [0.4, 0.5) is 14.6 Å². The highest BCUT2D eigenvalue weighted by Gasteiger charge is 2.40. The van der Waals surface area contributed by atoms with Crippen molar-refractivity contribution >= 4 is 39.4 Å². The summed E-state index contributed by atoms with van der Waals surface area (Å²) in [5, 5.41) is 11.7. The van der Waals surface area contributed by atoms with Gasteiger partial charge < -0.3 is 5.73 Å². The molecule has 210 valence electrons. The standard InChI is InChI=1S/C29H28F2N8O2/c1-16(40)37(4)38(14-18-6-5-17(9-23(18)30)19-12-34-39(15-19)29(2)7-8-29)28(41)20-10-21-25(11-24(20)31)35-27(32)22-13-33-36(3)26(21)22/h5-6,9-13,15H,7-8,14H2,1-4H3,(H2,32,35). The summed E-state index contributed by atoms with van der Waals surface area (Å²) in [6, 6.07) is 7.14. The van der Waals surface area contributed by atoms with Crippen molar-refractivity contribution in [3.8, 4) is 11.1 Å². The number of carbonyl (C=O) groups is 2. The molecule has 1 aliphatic carbocycles. The van der Waals surface area contributed by atoms with Gasteiger partial charge in [-0.25, -0.2) is 18.8 Å². The predicted octanol–water partition coefficient (Wildman–Crippen LogP) is 4.39. The van der Waals surface area contributed by atoms with E-state index in [2.05, 4.69) is 22.1 Å². The highest BCUT2D eigenvalue weighted by molar-refractivity contribution is 6.10. The average Bonchev–Trinajstić information content (AvgIpc) is 3.31. The summed E-state index contributed by atoms with van der Waals surface area (Å²) in [5.41, 5.74) is 8.12. The minimum atomic E-state index is -0.852. The number of carbonyl (C=O) groups excluding carboxylic acids is 2. The van der Waals surface area contributed by atoms with Crippen LogP contribution in [0.5, 0.6) is 0 Å². The SMILES string of the molecule is CC(=O)N(C)N(Cc1ccc(-c2cnn(C3(C)CC3)c2)cc1F)C(=O)c1cc2c(cc1F)nc(N)c1cnn(C)c12. The van der Waals surface area contributed by atoms with E-state index in [9.17, 15) is 9.59 Å². The summed E-state index contributed by atoms with van der Waals surface area (Å²) in [5.74, 6) is -2.55. The van der Waals surface area contributed by atoms with Gasteiger partial charge in [-0.05, 0) is 37.5 Å². The molecule has 3 aromatic heterocycles. The zero-order chi connectivity index (χ0) is 29.2. The maximum absolute atomic E-state index is 15.4. The lowest BCUT2D eigenvalue weighted by Crippen LogP contribution is -2.46. The molecule has 2 N–H and O–H groups in total. The molecular weight excluding hydrogens is 530 g/mol. The molecule has 5 aromatic rings. The van der Waals surface area contributed by atoms with Gasteiger partial charge in [0.15, 0.2) is 0 Å². The molecule has 6 rings (SSSR count). The van der Waals surface area contributed by atoms with E-state index in [-0.39, 0.29) is 34.5 Å². The van der Waals surface area contributed by atoms with E-state index in [0.29, 0.717) is 21.9 Å². The number of hydrogen-bond donors (Lipinski definition) is 1. The zero-order valence-electron chi connectivity index (χ0n) is 23.0. The number of nitrogens with two attached hydrogens (primary N) is 1. The lowest BCUT2D eigenvalue weighted by molar-refractivity contribution is -0.140. The number of anilines is 1. The van der Waals surface area contributed by atoms with Gasteiger partial charge in [-0.1, -0.05) is 12.1 Å². The number of pyridine rings is 1. The van der Waals surface area contributed by atoms with Gasteiger partial charge in [-0.15, -0.1) is 0 Å². The number of fused-ring (bicyclic) bond motifs is 3. The number of amides is 2. The van der Waals surface area contributed by atoms with Crippen molar-refractivity contribution < 1.29 is 18.4 Å². The second kappa shape index (κ2) is 9.36.